The Morgan fingerprint density at radius 2 is 1.06 bits per heavy atom. The van der Waals surface area contributed by atoms with E-state index in [2.05, 4.69) is 56.4 Å². The Balaban J connectivity index is 4.41. The molecule has 0 spiro atoms. The molecule has 0 amide bonds. The van der Waals surface area contributed by atoms with E-state index in [9.17, 15) is 19.0 Å². The molecule has 302 valence electrons. The van der Waals surface area contributed by atoms with Gasteiger partial charge in [-0.3, -0.25) is 14.2 Å². The average Bonchev–Trinajstić information content (AvgIpc) is 3.09. The van der Waals surface area contributed by atoms with E-state index < -0.39 is 32.5 Å². The van der Waals surface area contributed by atoms with Crippen LogP contribution in [0, 0.1) is 0 Å². The normalized spacial score (nSPS) is 14.2. The molecule has 0 aromatic heterocycles. The molecule has 0 aliphatic rings. The predicted molar refractivity (Wildman–Crippen MR) is 213 cm³/mol. The van der Waals surface area contributed by atoms with E-state index in [1.165, 1.54) is 70.6 Å². The van der Waals surface area contributed by atoms with E-state index in [-0.39, 0.29) is 26.1 Å². The molecule has 10 heteroatoms. The summed E-state index contributed by atoms with van der Waals surface area (Å²) in [6.07, 6.45) is 38.9. The topological polar surface area (TPSA) is 111 Å². The van der Waals surface area contributed by atoms with Gasteiger partial charge in [-0.25, -0.2) is 0 Å². The summed E-state index contributed by atoms with van der Waals surface area (Å²) < 4.78 is 33.6. The molecule has 0 fully saturated rings. The molecule has 0 aliphatic heterocycles. The summed E-state index contributed by atoms with van der Waals surface area (Å²) in [5, 5.41) is 0. The van der Waals surface area contributed by atoms with Crippen LogP contribution in [0.3, 0.4) is 0 Å². The monoisotopic (exact) mass is 754 g/mol. The number of ether oxygens (including phenoxy) is 2. The van der Waals surface area contributed by atoms with Gasteiger partial charge in [0.1, 0.15) is 19.8 Å². The van der Waals surface area contributed by atoms with Crippen molar-refractivity contribution in [2.24, 2.45) is 0 Å². The van der Waals surface area contributed by atoms with Gasteiger partial charge < -0.3 is 27.9 Å². The minimum absolute atomic E-state index is 0.0419. The summed E-state index contributed by atoms with van der Waals surface area (Å²) in [7, 11) is 1.12. The lowest BCUT2D eigenvalue weighted by molar-refractivity contribution is -0.870. The van der Waals surface area contributed by atoms with Crippen LogP contribution in [0.25, 0.3) is 0 Å². The zero-order chi connectivity index (χ0) is 38.6. The maximum Gasteiger partial charge on any atom is 0.306 e. The third-order valence-corrected chi connectivity index (χ3v) is 9.32. The molecular weight excluding hydrogens is 677 g/mol. The highest BCUT2D eigenvalue weighted by Gasteiger charge is 2.21. The number of allylic oxidation sites excluding steroid dienone is 8. The molecule has 2 atom stereocenters. The number of unbranched alkanes of at least 4 members (excludes halogenated alkanes) is 14. The number of phosphoric ester groups is 1. The summed E-state index contributed by atoms with van der Waals surface area (Å²) >= 11 is 0. The number of carbonyl (C=O) groups is 2. The van der Waals surface area contributed by atoms with Crippen LogP contribution in [-0.2, 0) is 32.7 Å². The van der Waals surface area contributed by atoms with Crippen LogP contribution in [0.1, 0.15) is 155 Å². The van der Waals surface area contributed by atoms with Gasteiger partial charge in [-0.15, -0.1) is 0 Å². The van der Waals surface area contributed by atoms with E-state index in [1.807, 2.05) is 27.2 Å². The maximum atomic E-state index is 12.6. The molecule has 0 radical (unpaired) electrons. The quantitative estimate of drug-likeness (QED) is 0.0204. The molecule has 0 aliphatic carbocycles. The predicted octanol–water partition coefficient (Wildman–Crippen LogP) is 10.5. The van der Waals surface area contributed by atoms with Crippen LogP contribution in [0.4, 0.5) is 0 Å². The van der Waals surface area contributed by atoms with Crippen LogP contribution in [0.2, 0.25) is 0 Å². The number of quaternary nitrogens is 1. The second-order valence-electron chi connectivity index (χ2n) is 14.7. The van der Waals surface area contributed by atoms with E-state index in [0.717, 1.165) is 44.9 Å². The molecule has 0 rings (SSSR count). The molecule has 0 heterocycles. The van der Waals surface area contributed by atoms with Crippen molar-refractivity contribution in [1.82, 2.24) is 0 Å². The fourth-order valence-corrected chi connectivity index (χ4v) is 5.84. The zero-order valence-electron chi connectivity index (χ0n) is 33.7. The number of carbonyl (C=O) groups excluding carboxylic acids is 2. The van der Waals surface area contributed by atoms with E-state index in [4.69, 9.17) is 18.5 Å². The smallest absolute Gasteiger partial charge is 0.306 e. The lowest BCUT2D eigenvalue weighted by Crippen LogP contribution is -2.37. The highest BCUT2D eigenvalue weighted by molar-refractivity contribution is 7.45. The van der Waals surface area contributed by atoms with Crippen LogP contribution < -0.4 is 4.89 Å². The lowest BCUT2D eigenvalue weighted by Gasteiger charge is -2.28. The minimum atomic E-state index is -4.63. The van der Waals surface area contributed by atoms with Gasteiger partial charge in [-0.1, -0.05) is 140 Å². The molecular formula is C42H76NO8P. The molecule has 9 nitrogen and oxygen atoms in total. The Morgan fingerprint density at radius 3 is 1.60 bits per heavy atom. The number of nitrogens with zero attached hydrogens (tertiary/aromatic N) is 1. The van der Waals surface area contributed by atoms with Gasteiger partial charge in [0.2, 0.25) is 0 Å². The average molecular weight is 754 g/mol. The number of esters is 2. The first kappa shape index (κ1) is 50.0. The van der Waals surface area contributed by atoms with Crippen LogP contribution in [-0.4, -0.2) is 70.0 Å². The van der Waals surface area contributed by atoms with Crippen LogP contribution in [0.5, 0.6) is 0 Å². The lowest BCUT2D eigenvalue weighted by atomic mass is 10.1. The van der Waals surface area contributed by atoms with Crippen molar-refractivity contribution in [2.75, 3.05) is 47.5 Å². The number of hydrogen-bond acceptors (Lipinski definition) is 8. The number of hydrogen-bond donors (Lipinski definition) is 0. The van der Waals surface area contributed by atoms with Crippen LogP contribution >= 0.6 is 7.82 Å². The van der Waals surface area contributed by atoms with Crippen molar-refractivity contribution >= 4 is 19.8 Å². The fourth-order valence-electron chi connectivity index (χ4n) is 5.12. The first-order valence-corrected chi connectivity index (χ1v) is 21.8. The molecule has 0 aromatic carbocycles. The molecule has 0 saturated carbocycles. The minimum Gasteiger partial charge on any atom is -0.756 e. The summed E-state index contributed by atoms with van der Waals surface area (Å²) in [5.41, 5.74) is 0. The van der Waals surface area contributed by atoms with Gasteiger partial charge in [-0.2, -0.15) is 0 Å². The first-order chi connectivity index (χ1) is 25.0. The van der Waals surface area contributed by atoms with Crippen molar-refractivity contribution in [3.05, 3.63) is 48.6 Å². The second-order valence-corrected chi connectivity index (χ2v) is 16.1. The Labute approximate surface area is 318 Å². The molecule has 52 heavy (non-hydrogen) atoms. The van der Waals surface area contributed by atoms with Gasteiger partial charge in [0.15, 0.2) is 6.10 Å². The standard InChI is InChI=1S/C42H76NO8P/c1-6-8-10-12-14-15-16-17-18-19-20-21-22-23-24-25-26-27-29-31-33-35-42(45)51-40(39-50-52(46,47)49-37-36-43(3,4)5)38-48-41(44)34-32-30-28-13-11-9-7-2/h18-19,21-22,24-25,27,29,40H,6-17,20,23,26,28,30-39H2,1-5H3/b19-18+,22-21+,25-24+,29-27+/t40-/m1/s1. The molecule has 0 saturated heterocycles. The Bertz CT molecular complexity index is 1030. The summed E-state index contributed by atoms with van der Waals surface area (Å²) in [4.78, 5) is 37.2. The van der Waals surface area contributed by atoms with Gasteiger partial charge >= 0.3 is 11.9 Å². The summed E-state index contributed by atoms with van der Waals surface area (Å²) in [6, 6.07) is 0. The van der Waals surface area contributed by atoms with Gasteiger partial charge in [0.05, 0.1) is 27.7 Å². The SMILES string of the molecule is CCCCCCCCC/C=C/C/C=C/C/C=C/C/C=C/CCCC(=O)O[C@H](COC(=O)CCCCCCCCC)COP(=O)([O-])OCC[N+](C)(C)C. The summed E-state index contributed by atoms with van der Waals surface area (Å²) in [6.45, 7) is 4.09. The third-order valence-electron chi connectivity index (χ3n) is 8.35. The van der Waals surface area contributed by atoms with E-state index in [1.54, 1.807) is 0 Å². The number of likely N-dealkylation sites (N-methyl/N-ethyl adjacent to an activating group) is 1. The highest BCUT2D eigenvalue weighted by atomic mass is 31.2. The number of phosphoric acid groups is 1. The van der Waals surface area contributed by atoms with E-state index in [0.29, 0.717) is 23.9 Å². The zero-order valence-corrected chi connectivity index (χ0v) is 34.6. The highest BCUT2D eigenvalue weighted by Crippen LogP contribution is 2.38. The Kier molecular flexibility index (Phi) is 33.4. The Morgan fingerprint density at radius 1 is 0.596 bits per heavy atom. The van der Waals surface area contributed by atoms with E-state index >= 15 is 0 Å². The second kappa shape index (κ2) is 34.7. The van der Waals surface area contributed by atoms with Crippen molar-refractivity contribution in [3.63, 3.8) is 0 Å². The third kappa shape index (κ3) is 37.7. The number of rotatable bonds is 36. The molecule has 1 unspecified atom stereocenters. The first-order valence-electron chi connectivity index (χ1n) is 20.3. The molecule has 0 bridgehead atoms. The Hall–Kier alpha value is -2.03. The summed E-state index contributed by atoms with van der Waals surface area (Å²) in [5.74, 6) is -0.910. The largest absolute Gasteiger partial charge is 0.756 e. The maximum absolute atomic E-state index is 12.6. The van der Waals surface area contributed by atoms with Crippen molar-refractivity contribution in [2.45, 2.75) is 161 Å². The molecule has 0 N–H and O–H groups in total. The molecule has 0 aromatic rings. The fraction of sp³-hybridized carbons (Fsp3) is 0.762. The van der Waals surface area contributed by atoms with Crippen molar-refractivity contribution in [3.8, 4) is 0 Å². The van der Waals surface area contributed by atoms with Gasteiger partial charge in [0.25, 0.3) is 7.82 Å². The van der Waals surface area contributed by atoms with Crippen molar-refractivity contribution in [1.29, 1.82) is 0 Å². The van der Waals surface area contributed by atoms with Gasteiger partial charge in [0, 0.05) is 12.8 Å². The van der Waals surface area contributed by atoms with Crippen LogP contribution in [0.15, 0.2) is 48.6 Å². The van der Waals surface area contributed by atoms with Crippen molar-refractivity contribution < 1.29 is 42.1 Å². The van der Waals surface area contributed by atoms with Gasteiger partial charge in [-0.05, 0) is 51.4 Å².